The number of anilines is 1. The van der Waals surface area contributed by atoms with E-state index >= 15 is 0 Å². The van der Waals surface area contributed by atoms with Gasteiger partial charge in [0.1, 0.15) is 5.82 Å². The van der Waals surface area contributed by atoms with Gasteiger partial charge in [0.25, 0.3) is 0 Å². The van der Waals surface area contributed by atoms with Gasteiger partial charge >= 0.3 is 5.97 Å². The Morgan fingerprint density at radius 2 is 2.42 bits per heavy atom. The fourth-order valence-corrected chi connectivity index (χ4v) is 2.06. The fraction of sp³-hybridized carbons (Fsp3) is 0.615. The largest absolute Gasteiger partial charge is 0.463 e. The van der Waals surface area contributed by atoms with Crippen molar-refractivity contribution in [3.05, 3.63) is 17.6 Å². The molecule has 0 spiro atoms. The second-order valence-corrected chi connectivity index (χ2v) is 4.65. The highest BCUT2D eigenvalue weighted by Crippen LogP contribution is 2.16. The standard InChI is InChI=1S/C13H19N3O3/c1-9-7-11(16-12(15-9)13(17)18-2)14-5-3-10-4-6-19-8-10/h7,10H,3-6,8H2,1-2H3,(H,14,15,16). The van der Waals surface area contributed by atoms with Crippen LogP contribution in [0.4, 0.5) is 5.82 Å². The lowest BCUT2D eigenvalue weighted by molar-refractivity contribution is 0.0586. The first kappa shape index (κ1) is 13.7. The zero-order valence-corrected chi connectivity index (χ0v) is 11.3. The summed E-state index contributed by atoms with van der Waals surface area (Å²) in [5.41, 5.74) is 0.738. The summed E-state index contributed by atoms with van der Waals surface area (Å²) < 4.78 is 9.95. The number of hydrogen-bond donors (Lipinski definition) is 1. The Hall–Kier alpha value is -1.69. The maximum Gasteiger partial charge on any atom is 0.376 e. The second-order valence-electron chi connectivity index (χ2n) is 4.65. The molecule has 1 unspecified atom stereocenters. The van der Waals surface area contributed by atoms with Crippen molar-refractivity contribution in [3.63, 3.8) is 0 Å². The zero-order chi connectivity index (χ0) is 13.7. The van der Waals surface area contributed by atoms with Crippen LogP contribution in [0.1, 0.15) is 29.2 Å². The Kier molecular flexibility index (Phi) is 4.68. The first-order valence-electron chi connectivity index (χ1n) is 6.44. The van der Waals surface area contributed by atoms with Gasteiger partial charge in [0.2, 0.25) is 5.82 Å². The Morgan fingerprint density at radius 1 is 1.58 bits per heavy atom. The van der Waals surface area contributed by atoms with E-state index in [1.165, 1.54) is 7.11 Å². The van der Waals surface area contributed by atoms with Gasteiger partial charge in [0, 0.05) is 31.5 Å². The molecule has 1 aromatic rings. The lowest BCUT2D eigenvalue weighted by Crippen LogP contribution is -2.13. The topological polar surface area (TPSA) is 73.3 Å². The van der Waals surface area contributed by atoms with E-state index in [0.717, 1.165) is 38.3 Å². The number of nitrogens with one attached hydrogen (secondary N) is 1. The molecule has 0 amide bonds. The number of rotatable bonds is 5. The van der Waals surface area contributed by atoms with Crippen LogP contribution in [-0.4, -0.2) is 42.8 Å². The molecule has 2 heterocycles. The van der Waals surface area contributed by atoms with Gasteiger partial charge in [-0.1, -0.05) is 0 Å². The number of hydrogen-bond acceptors (Lipinski definition) is 6. The maximum absolute atomic E-state index is 11.4. The highest BCUT2D eigenvalue weighted by Gasteiger charge is 2.15. The predicted molar refractivity (Wildman–Crippen MR) is 70.1 cm³/mol. The normalized spacial score (nSPS) is 18.3. The van der Waals surface area contributed by atoms with Crippen LogP contribution >= 0.6 is 0 Å². The molecule has 0 aliphatic carbocycles. The zero-order valence-electron chi connectivity index (χ0n) is 11.3. The first-order chi connectivity index (χ1) is 9.19. The van der Waals surface area contributed by atoms with E-state index in [0.29, 0.717) is 11.7 Å². The molecule has 1 saturated heterocycles. The van der Waals surface area contributed by atoms with Gasteiger partial charge < -0.3 is 14.8 Å². The SMILES string of the molecule is COC(=O)c1nc(C)cc(NCCC2CCOC2)n1. The van der Waals surface area contributed by atoms with Crippen LogP contribution in [0.25, 0.3) is 0 Å². The molecule has 1 N–H and O–H groups in total. The number of methoxy groups -OCH3 is 1. The van der Waals surface area contributed by atoms with Gasteiger partial charge in [0.15, 0.2) is 0 Å². The monoisotopic (exact) mass is 265 g/mol. The van der Waals surface area contributed by atoms with Crippen LogP contribution in [0.5, 0.6) is 0 Å². The summed E-state index contributed by atoms with van der Waals surface area (Å²) in [7, 11) is 1.32. The van der Waals surface area contributed by atoms with Crippen molar-refractivity contribution < 1.29 is 14.3 Å². The molecule has 1 aliphatic heterocycles. The van der Waals surface area contributed by atoms with E-state index in [4.69, 9.17) is 4.74 Å². The smallest absolute Gasteiger partial charge is 0.376 e. The molecular formula is C13H19N3O3. The highest BCUT2D eigenvalue weighted by atomic mass is 16.5. The molecule has 6 heteroatoms. The highest BCUT2D eigenvalue weighted by molar-refractivity contribution is 5.85. The molecule has 6 nitrogen and oxygen atoms in total. The maximum atomic E-state index is 11.4. The van der Waals surface area contributed by atoms with Crippen molar-refractivity contribution in [2.24, 2.45) is 5.92 Å². The van der Waals surface area contributed by atoms with Crippen molar-refractivity contribution in [2.75, 3.05) is 32.2 Å². The van der Waals surface area contributed by atoms with Crippen molar-refractivity contribution in [1.82, 2.24) is 9.97 Å². The van der Waals surface area contributed by atoms with Gasteiger partial charge in [0.05, 0.1) is 7.11 Å². The molecule has 1 aromatic heterocycles. The van der Waals surface area contributed by atoms with Crippen molar-refractivity contribution in [3.8, 4) is 0 Å². The number of aromatic nitrogens is 2. The summed E-state index contributed by atoms with van der Waals surface area (Å²) in [6.07, 6.45) is 2.16. The summed E-state index contributed by atoms with van der Waals surface area (Å²) in [4.78, 5) is 19.6. The Balaban J connectivity index is 1.91. The quantitative estimate of drug-likeness (QED) is 0.811. The number of carbonyl (C=O) groups is 1. The van der Waals surface area contributed by atoms with Crippen LogP contribution in [-0.2, 0) is 9.47 Å². The summed E-state index contributed by atoms with van der Waals surface area (Å²) in [5.74, 6) is 0.854. The second kappa shape index (κ2) is 6.47. The molecular weight excluding hydrogens is 246 g/mol. The van der Waals surface area contributed by atoms with Gasteiger partial charge in [-0.2, -0.15) is 0 Å². The molecule has 19 heavy (non-hydrogen) atoms. The van der Waals surface area contributed by atoms with E-state index in [1.54, 1.807) is 0 Å². The third kappa shape index (κ3) is 3.89. The van der Waals surface area contributed by atoms with E-state index in [2.05, 4.69) is 20.0 Å². The van der Waals surface area contributed by atoms with Crippen molar-refractivity contribution >= 4 is 11.8 Å². The van der Waals surface area contributed by atoms with Crippen molar-refractivity contribution in [2.45, 2.75) is 19.8 Å². The molecule has 0 saturated carbocycles. The number of esters is 1. The predicted octanol–water partition coefficient (Wildman–Crippen LogP) is 1.41. The lowest BCUT2D eigenvalue weighted by Gasteiger charge is -2.10. The molecule has 1 atom stereocenters. The molecule has 1 fully saturated rings. The number of aryl methyl sites for hydroxylation is 1. The fourth-order valence-electron chi connectivity index (χ4n) is 2.06. The van der Waals surface area contributed by atoms with Crippen LogP contribution in [0, 0.1) is 12.8 Å². The third-order valence-electron chi connectivity index (χ3n) is 3.10. The van der Waals surface area contributed by atoms with Gasteiger partial charge in [-0.3, -0.25) is 0 Å². The summed E-state index contributed by atoms with van der Waals surface area (Å²) in [5, 5.41) is 3.22. The molecule has 0 radical (unpaired) electrons. The van der Waals surface area contributed by atoms with Crippen LogP contribution in [0.15, 0.2) is 6.07 Å². The Bertz CT molecular complexity index is 445. The third-order valence-corrected chi connectivity index (χ3v) is 3.10. The Morgan fingerprint density at radius 3 is 3.11 bits per heavy atom. The molecule has 1 aliphatic rings. The average molecular weight is 265 g/mol. The average Bonchev–Trinajstić information content (AvgIpc) is 2.90. The van der Waals surface area contributed by atoms with Crippen LogP contribution in [0.2, 0.25) is 0 Å². The molecule has 2 rings (SSSR count). The number of nitrogens with zero attached hydrogens (tertiary/aromatic N) is 2. The van der Waals surface area contributed by atoms with Gasteiger partial charge in [-0.15, -0.1) is 0 Å². The number of ether oxygens (including phenoxy) is 2. The number of carbonyl (C=O) groups excluding carboxylic acids is 1. The van der Waals surface area contributed by atoms with Crippen LogP contribution < -0.4 is 5.32 Å². The van der Waals surface area contributed by atoms with E-state index < -0.39 is 5.97 Å². The minimum absolute atomic E-state index is 0.0919. The lowest BCUT2D eigenvalue weighted by atomic mass is 10.1. The molecule has 0 bridgehead atoms. The molecule has 0 aromatic carbocycles. The summed E-state index contributed by atoms with van der Waals surface area (Å²) in [6, 6.07) is 1.82. The van der Waals surface area contributed by atoms with E-state index in [-0.39, 0.29) is 5.82 Å². The van der Waals surface area contributed by atoms with E-state index in [1.807, 2.05) is 13.0 Å². The minimum atomic E-state index is -0.518. The van der Waals surface area contributed by atoms with E-state index in [9.17, 15) is 4.79 Å². The minimum Gasteiger partial charge on any atom is -0.463 e. The molecule has 104 valence electrons. The summed E-state index contributed by atoms with van der Waals surface area (Å²) in [6.45, 7) is 4.34. The van der Waals surface area contributed by atoms with Crippen LogP contribution in [0.3, 0.4) is 0 Å². The Labute approximate surface area is 112 Å². The van der Waals surface area contributed by atoms with Gasteiger partial charge in [-0.05, 0) is 25.7 Å². The first-order valence-corrected chi connectivity index (χ1v) is 6.44. The van der Waals surface area contributed by atoms with Crippen molar-refractivity contribution in [1.29, 1.82) is 0 Å². The summed E-state index contributed by atoms with van der Waals surface area (Å²) >= 11 is 0. The van der Waals surface area contributed by atoms with Gasteiger partial charge in [-0.25, -0.2) is 14.8 Å².